The van der Waals surface area contributed by atoms with Crippen LogP contribution in [0.3, 0.4) is 0 Å². The number of benzene rings is 1. The number of nitrogens with zero attached hydrogens (tertiary/aromatic N) is 3. The summed E-state index contributed by atoms with van der Waals surface area (Å²) in [6.07, 6.45) is 9.05. The maximum Gasteiger partial charge on any atom is 0.253 e. The topological polar surface area (TPSA) is 47.9 Å². The Bertz CT molecular complexity index is 700. The lowest BCUT2D eigenvalue weighted by molar-refractivity contribution is 0.0724. The van der Waals surface area contributed by atoms with Gasteiger partial charge in [-0.25, -0.2) is 4.99 Å². The van der Waals surface area contributed by atoms with E-state index in [2.05, 4.69) is 29.3 Å². The Kier molecular flexibility index (Phi) is 8.84. The van der Waals surface area contributed by atoms with Gasteiger partial charge in [0.15, 0.2) is 5.96 Å². The molecule has 166 valence electrons. The van der Waals surface area contributed by atoms with Gasteiger partial charge in [0.2, 0.25) is 0 Å². The largest absolute Gasteiger partial charge is 0.357 e. The zero-order valence-electron chi connectivity index (χ0n) is 18.3. The van der Waals surface area contributed by atoms with Crippen LogP contribution in [0.5, 0.6) is 0 Å². The van der Waals surface area contributed by atoms with Crippen molar-refractivity contribution in [2.75, 3.05) is 32.7 Å². The minimum atomic E-state index is 0. The Labute approximate surface area is 198 Å². The van der Waals surface area contributed by atoms with E-state index in [4.69, 9.17) is 4.99 Å². The Morgan fingerprint density at radius 3 is 2.20 bits per heavy atom. The van der Waals surface area contributed by atoms with Gasteiger partial charge in [-0.2, -0.15) is 0 Å². The molecule has 3 aliphatic rings. The molecule has 2 unspecified atom stereocenters. The van der Waals surface area contributed by atoms with Crippen molar-refractivity contribution in [3.05, 3.63) is 35.4 Å². The van der Waals surface area contributed by atoms with Gasteiger partial charge in [-0.15, -0.1) is 24.0 Å². The molecule has 0 radical (unpaired) electrons. The van der Waals surface area contributed by atoms with E-state index in [-0.39, 0.29) is 29.9 Å². The number of likely N-dealkylation sites (tertiary alicyclic amines) is 2. The summed E-state index contributed by atoms with van der Waals surface area (Å²) in [4.78, 5) is 22.0. The summed E-state index contributed by atoms with van der Waals surface area (Å²) in [6, 6.07) is 8.07. The fourth-order valence-corrected chi connectivity index (χ4v) is 5.20. The summed E-state index contributed by atoms with van der Waals surface area (Å²) < 4.78 is 0. The summed E-state index contributed by atoms with van der Waals surface area (Å²) in [5, 5.41) is 3.49. The molecular weight excluding hydrogens is 487 g/mol. The molecule has 1 aromatic rings. The fourth-order valence-electron chi connectivity index (χ4n) is 5.20. The average Bonchev–Trinajstić information content (AvgIpc) is 3.21. The molecule has 2 saturated heterocycles. The number of carbonyl (C=O) groups is 1. The molecule has 2 atom stereocenters. The quantitative estimate of drug-likeness (QED) is 0.358. The molecule has 2 heterocycles. The van der Waals surface area contributed by atoms with Gasteiger partial charge >= 0.3 is 0 Å². The van der Waals surface area contributed by atoms with Crippen molar-refractivity contribution in [1.82, 2.24) is 15.1 Å². The smallest absolute Gasteiger partial charge is 0.253 e. The number of aliphatic imine (C=N–C) groups is 1. The van der Waals surface area contributed by atoms with Gasteiger partial charge in [0.1, 0.15) is 0 Å². The fraction of sp³-hybridized carbons (Fsp3) is 0.667. The minimum Gasteiger partial charge on any atom is -0.357 e. The summed E-state index contributed by atoms with van der Waals surface area (Å²) in [5.74, 6) is 2.93. The molecule has 4 rings (SSSR count). The SMILES string of the molecule is CCNC(=NCc1ccc(C(=O)N2CCCCC2)cc1)N1CC2CCCCC2C1.I. The highest BCUT2D eigenvalue weighted by Crippen LogP contribution is 2.36. The van der Waals surface area contributed by atoms with Crippen LogP contribution in [-0.4, -0.2) is 54.4 Å². The average molecular weight is 524 g/mol. The first-order valence-electron chi connectivity index (χ1n) is 11.7. The molecule has 0 spiro atoms. The molecule has 0 aromatic heterocycles. The number of rotatable bonds is 4. The van der Waals surface area contributed by atoms with Gasteiger partial charge in [0.05, 0.1) is 6.54 Å². The van der Waals surface area contributed by atoms with Gasteiger partial charge in [-0.3, -0.25) is 4.79 Å². The second kappa shape index (κ2) is 11.3. The van der Waals surface area contributed by atoms with Crippen LogP contribution in [0.25, 0.3) is 0 Å². The molecule has 6 heteroatoms. The number of halogens is 1. The van der Waals surface area contributed by atoms with Gasteiger partial charge in [-0.05, 0) is 68.6 Å². The normalized spacial score (nSPS) is 24.2. The monoisotopic (exact) mass is 524 g/mol. The van der Waals surface area contributed by atoms with Gasteiger partial charge in [-0.1, -0.05) is 25.0 Å². The maximum absolute atomic E-state index is 12.6. The van der Waals surface area contributed by atoms with Crippen LogP contribution in [0.15, 0.2) is 29.3 Å². The summed E-state index contributed by atoms with van der Waals surface area (Å²) in [6.45, 7) is 7.79. The molecule has 1 saturated carbocycles. The highest BCUT2D eigenvalue weighted by Gasteiger charge is 2.35. The van der Waals surface area contributed by atoms with E-state index in [1.165, 1.54) is 32.1 Å². The predicted octanol–water partition coefficient (Wildman–Crippen LogP) is 4.52. The van der Waals surface area contributed by atoms with Gasteiger partial charge < -0.3 is 15.1 Å². The lowest BCUT2D eigenvalue weighted by Crippen LogP contribution is -2.40. The van der Waals surface area contributed by atoms with Crippen LogP contribution in [0.2, 0.25) is 0 Å². The predicted molar refractivity (Wildman–Crippen MR) is 133 cm³/mol. The number of carbonyl (C=O) groups excluding carboxylic acids is 1. The Morgan fingerprint density at radius 1 is 0.967 bits per heavy atom. The second-order valence-corrected chi connectivity index (χ2v) is 8.93. The molecule has 5 nitrogen and oxygen atoms in total. The number of hydrogen-bond acceptors (Lipinski definition) is 2. The molecule has 1 amide bonds. The number of fused-ring (bicyclic) bond motifs is 1. The third-order valence-electron chi connectivity index (χ3n) is 6.87. The first-order valence-corrected chi connectivity index (χ1v) is 11.7. The molecule has 1 aliphatic carbocycles. The zero-order chi connectivity index (χ0) is 20.1. The van der Waals surface area contributed by atoms with Crippen molar-refractivity contribution in [2.45, 2.75) is 58.4 Å². The van der Waals surface area contributed by atoms with Crippen molar-refractivity contribution in [3.63, 3.8) is 0 Å². The van der Waals surface area contributed by atoms with Crippen molar-refractivity contribution in [3.8, 4) is 0 Å². The van der Waals surface area contributed by atoms with Crippen LogP contribution in [-0.2, 0) is 6.54 Å². The van der Waals surface area contributed by atoms with Gasteiger partial charge in [0, 0.05) is 38.3 Å². The number of hydrogen-bond donors (Lipinski definition) is 1. The standard InChI is InChI=1S/C24H36N4O.HI/c1-2-25-24(28-17-21-8-4-5-9-22(21)18-28)26-16-19-10-12-20(13-11-19)23(29)27-14-6-3-7-15-27;/h10-13,21-22H,2-9,14-18H2,1H3,(H,25,26);1H. The van der Waals surface area contributed by atoms with Crippen LogP contribution >= 0.6 is 24.0 Å². The van der Waals surface area contributed by atoms with E-state index in [1.807, 2.05) is 17.0 Å². The van der Waals surface area contributed by atoms with Crippen molar-refractivity contribution in [2.24, 2.45) is 16.8 Å². The molecular formula is C24H37IN4O. The van der Waals surface area contributed by atoms with Crippen molar-refractivity contribution >= 4 is 35.8 Å². The van der Waals surface area contributed by atoms with E-state index in [1.54, 1.807) is 0 Å². The van der Waals surface area contributed by atoms with Crippen LogP contribution in [0.4, 0.5) is 0 Å². The van der Waals surface area contributed by atoms with E-state index < -0.39 is 0 Å². The Balaban J connectivity index is 0.00000256. The number of amides is 1. The highest BCUT2D eigenvalue weighted by atomic mass is 127. The third kappa shape index (κ3) is 5.68. The van der Waals surface area contributed by atoms with Crippen LogP contribution < -0.4 is 5.32 Å². The lowest BCUT2D eigenvalue weighted by Gasteiger charge is -2.26. The Morgan fingerprint density at radius 2 is 1.60 bits per heavy atom. The highest BCUT2D eigenvalue weighted by molar-refractivity contribution is 14.0. The van der Waals surface area contributed by atoms with E-state index in [0.29, 0.717) is 6.54 Å². The molecule has 30 heavy (non-hydrogen) atoms. The maximum atomic E-state index is 12.6. The number of nitrogens with one attached hydrogen (secondary N) is 1. The first kappa shape index (κ1) is 23.4. The molecule has 3 fully saturated rings. The lowest BCUT2D eigenvalue weighted by atomic mass is 9.82. The van der Waals surface area contributed by atoms with E-state index in [0.717, 1.165) is 74.5 Å². The van der Waals surface area contributed by atoms with Crippen LogP contribution in [0, 0.1) is 11.8 Å². The minimum absolute atomic E-state index is 0. The van der Waals surface area contributed by atoms with Gasteiger partial charge in [0.25, 0.3) is 5.91 Å². The number of piperidine rings is 1. The van der Waals surface area contributed by atoms with Crippen LogP contribution in [0.1, 0.15) is 67.8 Å². The Hall–Kier alpha value is -1.31. The number of guanidine groups is 1. The van der Waals surface area contributed by atoms with E-state index >= 15 is 0 Å². The summed E-state index contributed by atoms with van der Waals surface area (Å²) in [7, 11) is 0. The van der Waals surface area contributed by atoms with Crippen molar-refractivity contribution in [1.29, 1.82) is 0 Å². The third-order valence-corrected chi connectivity index (χ3v) is 6.87. The van der Waals surface area contributed by atoms with E-state index in [9.17, 15) is 4.79 Å². The molecule has 1 aromatic carbocycles. The summed E-state index contributed by atoms with van der Waals surface area (Å²) >= 11 is 0. The zero-order valence-corrected chi connectivity index (χ0v) is 20.6. The summed E-state index contributed by atoms with van der Waals surface area (Å²) in [5.41, 5.74) is 1.96. The molecule has 1 N–H and O–H groups in total. The van der Waals surface area contributed by atoms with Crippen molar-refractivity contribution < 1.29 is 4.79 Å². The first-order chi connectivity index (χ1) is 14.2. The molecule has 2 aliphatic heterocycles. The molecule has 0 bridgehead atoms. The second-order valence-electron chi connectivity index (χ2n) is 8.93.